The number of hydrogen-bond acceptors (Lipinski definition) is 6. The molecule has 1 aromatic carbocycles. The number of rotatable bonds is 7. The standard InChI is InChI=1S/C28H39N3O5/c1-3-18-12-14-30(15-13-18)21-10-8-20(9-11-21)27(33)29-24(19-6-4-5-7-19)28(34)31-16-23(35-2)26-25(31)22(32)17-36-26/h8-11,18-19,23-26H,3-7,12-17H2,1-2H3,(H,29,33)/t23-,24-,25+,26+/m0/s1. The highest BCUT2D eigenvalue weighted by Crippen LogP contribution is 2.34. The number of nitrogens with zero attached hydrogens (tertiary/aromatic N) is 2. The van der Waals surface area contributed by atoms with E-state index in [4.69, 9.17) is 9.47 Å². The molecule has 196 valence electrons. The van der Waals surface area contributed by atoms with Gasteiger partial charge in [0.2, 0.25) is 5.91 Å². The minimum atomic E-state index is -0.655. The van der Waals surface area contributed by atoms with Gasteiger partial charge in [0.05, 0.1) is 6.54 Å². The van der Waals surface area contributed by atoms with Crippen molar-refractivity contribution in [3.8, 4) is 0 Å². The number of methoxy groups -OCH3 is 1. The van der Waals surface area contributed by atoms with Crippen LogP contribution in [0.15, 0.2) is 24.3 Å². The minimum Gasteiger partial charge on any atom is -0.377 e. The normalized spacial score (nSPS) is 27.9. The molecule has 0 radical (unpaired) electrons. The predicted octanol–water partition coefficient (Wildman–Crippen LogP) is 2.80. The van der Waals surface area contributed by atoms with Crippen molar-refractivity contribution < 1.29 is 23.9 Å². The fourth-order valence-corrected chi connectivity index (χ4v) is 6.55. The summed E-state index contributed by atoms with van der Waals surface area (Å²) in [6.45, 7) is 4.66. The molecule has 8 nitrogen and oxygen atoms in total. The van der Waals surface area contributed by atoms with Crippen molar-refractivity contribution in [1.29, 1.82) is 0 Å². The van der Waals surface area contributed by atoms with Crippen LogP contribution in [0, 0.1) is 11.8 Å². The molecule has 8 heteroatoms. The zero-order valence-corrected chi connectivity index (χ0v) is 21.5. The molecule has 1 aromatic rings. The van der Waals surface area contributed by atoms with E-state index in [1.165, 1.54) is 19.3 Å². The summed E-state index contributed by atoms with van der Waals surface area (Å²) in [5.41, 5.74) is 1.69. The van der Waals surface area contributed by atoms with Crippen LogP contribution < -0.4 is 10.2 Å². The van der Waals surface area contributed by atoms with Crippen molar-refractivity contribution in [3.05, 3.63) is 29.8 Å². The lowest BCUT2D eigenvalue weighted by Crippen LogP contribution is -2.54. The summed E-state index contributed by atoms with van der Waals surface area (Å²) in [5, 5.41) is 3.06. The Balaban J connectivity index is 1.29. The molecule has 4 fully saturated rings. The number of amides is 2. The highest BCUT2D eigenvalue weighted by Gasteiger charge is 2.54. The molecule has 4 atom stereocenters. The van der Waals surface area contributed by atoms with Crippen LogP contribution >= 0.6 is 0 Å². The number of hydrogen-bond donors (Lipinski definition) is 1. The first kappa shape index (κ1) is 25.2. The number of piperidine rings is 1. The van der Waals surface area contributed by atoms with E-state index in [0.717, 1.165) is 50.4 Å². The fraction of sp³-hybridized carbons (Fsp3) is 0.679. The summed E-state index contributed by atoms with van der Waals surface area (Å²) in [6.07, 6.45) is 6.76. The molecule has 1 saturated carbocycles. The lowest BCUT2D eigenvalue weighted by molar-refractivity contribution is -0.139. The van der Waals surface area contributed by atoms with Gasteiger partial charge < -0.3 is 24.6 Å². The van der Waals surface area contributed by atoms with Crippen molar-refractivity contribution >= 4 is 23.3 Å². The number of benzene rings is 1. The third-order valence-corrected chi connectivity index (χ3v) is 8.83. The van der Waals surface area contributed by atoms with E-state index >= 15 is 0 Å². The van der Waals surface area contributed by atoms with Crippen LogP contribution in [0.25, 0.3) is 0 Å². The molecule has 0 unspecified atom stereocenters. The molecule has 5 rings (SSSR count). The average molecular weight is 498 g/mol. The van der Waals surface area contributed by atoms with Crippen LogP contribution in [0.2, 0.25) is 0 Å². The molecule has 0 bridgehead atoms. The summed E-state index contributed by atoms with van der Waals surface area (Å²) in [6, 6.07) is 6.45. The first-order chi connectivity index (χ1) is 17.5. The number of likely N-dealkylation sites (tertiary alicyclic amines) is 1. The van der Waals surface area contributed by atoms with Crippen LogP contribution in [0.1, 0.15) is 62.2 Å². The number of fused-ring (bicyclic) bond motifs is 1. The van der Waals surface area contributed by atoms with E-state index in [1.54, 1.807) is 12.0 Å². The van der Waals surface area contributed by atoms with Gasteiger partial charge in [-0.25, -0.2) is 0 Å². The van der Waals surface area contributed by atoms with Crippen molar-refractivity contribution in [2.24, 2.45) is 11.8 Å². The fourth-order valence-electron chi connectivity index (χ4n) is 6.55. The Morgan fingerprint density at radius 3 is 2.44 bits per heavy atom. The van der Waals surface area contributed by atoms with Crippen LogP contribution in [-0.2, 0) is 19.1 Å². The van der Waals surface area contributed by atoms with Crippen LogP contribution in [-0.4, -0.2) is 80.1 Å². The zero-order chi connectivity index (χ0) is 25.2. The van der Waals surface area contributed by atoms with Crippen LogP contribution in [0.4, 0.5) is 5.69 Å². The Morgan fingerprint density at radius 2 is 1.81 bits per heavy atom. The topological polar surface area (TPSA) is 88.2 Å². The molecular formula is C28H39N3O5. The molecule has 1 aliphatic carbocycles. The highest BCUT2D eigenvalue weighted by molar-refractivity contribution is 5.99. The molecule has 3 aliphatic heterocycles. The molecule has 4 aliphatic rings. The summed E-state index contributed by atoms with van der Waals surface area (Å²) < 4.78 is 11.2. The minimum absolute atomic E-state index is 0.00188. The first-order valence-corrected chi connectivity index (χ1v) is 13.6. The summed E-state index contributed by atoms with van der Waals surface area (Å²) in [7, 11) is 1.58. The second-order valence-corrected chi connectivity index (χ2v) is 10.8. The van der Waals surface area contributed by atoms with E-state index in [1.807, 2.05) is 24.3 Å². The molecule has 1 N–H and O–H groups in total. The number of anilines is 1. The largest absolute Gasteiger partial charge is 0.377 e. The van der Waals surface area contributed by atoms with Gasteiger partial charge in [-0.15, -0.1) is 0 Å². The maximum Gasteiger partial charge on any atom is 0.251 e. The van der Waals surface area contributed by atoms with E-state index in [0.29, 0.717) is 12.1 Å². The summed E-state index contributed by atoms with van der Waals surface area (Å²) >= 11 is 0. The van der Waals surface area contributed by atoms with Crippen molar-refractivity contribution in [2.75, 3.05) is 38.3 Å². The van der Waals surface area contributed by atoms with Crippen molar-refractivity contribution in [3.63, 3.8) is 0 Å². The second-order valence-electron chi connectivity index (χ2n) is 10.8. The maximum atomic E-state index is 13.8. The van der Waals surface area contributed by atoms with Gasteiger partial charge in [-0.3, -0.25) is 14.4 Å². The molecule has 2 amide bonds. The number of carbonyl (C=O) groups is 3. The number of ketones is 1. The molecular weight excluding hydrogens is 458 g/mol. The van der Waals surface area contributed by atoms with Crippen molar-refractivity contribution in [2.45, 2.75) is 76.2 Å². The van der Waals surface area contributed by atoms with E-state index in [-0.39, 0.29) is 36.2 Å². The Bertz CT molecular complexity index is 952. The third kappa shape index (κ3) is 4.90. The molecule has 3 heterocycles. The smallest absolute Gasteiger partial charge is 0.251 e. The molecule has 3 saturated heterocycles. The second kappa shape index (κ2) is 10.9. The summed E-state index contributed by atoms with van der Waals surface area (Å²) in [4.78, 5) is 43.6. The van der Waals surface area contributed by atoms with Gasteiger partial charge >= 0.3 is 0 Å². The quantitative estimate of drug-likeness (QED) is 0.623. The van der Waals surface area contributed by atoms with Gasteiger partial charge in [0.1, 0.15) is 30.9 Å². The van der Waals surface area contributed by atoms with Gasteiger partial charge in [0.25, 0.3) is 5.91 Å². The lowest BCUT2D eigenvalue weighted by Gasteiger charge is -2.33. The van der Waals surface area contributed by atoms with Crippen molar-refractivity contribution in [1.82, 2.24) is 10.2 Å². The molecule has 0 aromatic heterocycles. The van der Waals surface area contributed by atoms with E-state index in [9.17, 15) is 14.4 Å². The Morgan fingerprint density at radius 1 is 1.11 bits per heavy atom. The van der Waals surface area contributed by atoms with Crippen LogP contribution in [0.3, 0.4) is 0 Å². The molecule has 36 heavy (non-hydrogen) atoms. The van der Waals surface area contributed by atoms with Crippen LogP contribution in [0.5, 0.6) is 0 Å². The van der Waals surface area contributed by atoms with Gasteiger partial charge in [-0.05, 0) is 61.8 Å². The maximum absolute atomic E-state index is 13.8. The monoisotopic (exact) mass is 497 g/mol. The number of ether oxygens (including phenoxy) is 2. The number of carbonyl (C=O) groups excluding carboxylic acids is 3. The van der Waals surface area contributed by atoms with E-state index < -0.39 is 18.2 Å². The predicted molar refractivity (Wildman–Crippen MR) is 136 cm³/mol. The first-order valence-electron chi connectivity index (χ1n) is 13.6. The lowest BCUT2D eigenvalue weighted by atomic mass is 9.94. The van der Waals surface area contributed by atoms with Gasteiger partial charge in [0.15, 0.2) is 5.78 Å². The third-order valence-electron chi connectivity index (χ3n) is 8.83. The zero-order valence-electron chi connectivity index (χ0n) is 21.5. The van der Waals surface area contributed by atoms with Gasteiger partial charge in [0, 0.05) is 31.5 Å². The molecule has 0 spiro atoms. The van der Waals surface area contributed by atoms with Gasteiger partial charge in [-0.2, -0.15) is 0 Å². The Labute approximate surface area is 213 Å². The van der Waals surface area contributed by atoms with Gasteiger partial charge in [-0.1, -0.05) is 26.2 Å². The SMILES string of the molecule is CCC1CCN(c2ccc(C(=O)N[C@H](C(=O)N3C[C@H](OC)[C@H]4OCC(=O)[C@H]43)C3CCCC3)cc2)CC1. The average Bonchev–Trinajstić information content (AvgIpc) is 3.66. The van der Waals surface area contributed by atoms with E-state index in [2.05, 4.69) is 17.1 Å². The Kier molecular flexibility index (Phi) is 7.62. The summed E-state index contributed by atoms with van der Waals surface area (Å²) in [5.74, 6) is 0.345. The number of nitrogens with one attached hydrogen (secondary N) is 1. The highest BCUT2D eigenvalue weighted by atomic mass is 16.5. The number of Topliss-reactive ketones (excluding diaryl/α,β-unsaturated/α-hetero) is 1. The Hall–Kier alpha value is -2.45.